The maximum absolute atomic E-state index is 13.9. The second kappa shape index (κ2) is 7.76. The van der Waals surface area contributed by atoms with Gasteiger partial charge in [-0.3, -0.25) is 0 Å². The molecule has 27 heavy (non-hydrogen) atoms. The number of halogens is 3. The fourth-order valence-electron chi connectivity index (χ4n) is 2.82. The molecule has 0 aromatic heterocycles. The highest BCUT2D eigenvalue weighted by Gasteiger charge is 2.16. The van der Waals surface area contributed by atoms with Crippen LogP contribution in [0.4, 0.5) is 20.2 Å². The van der Waals surface area contributed by atoms with Crippen molar-refractivity contribution in [2.24, 2.45) is 5.16 Å². The number of aryl methyl sites for hydroxylation is 1. The lowest BCUT2D eigenvalue weighted by Crippen LogP contribution is -2.08. The third-order valence-corrected chi connectivity index (χ3v) is 4.63. The maximum atomic E-state index is 13.9. The molecule has 3 aromatic rings. The normalized spacial score (nSPS) is 11.5. The molecular weight excluding hydrogens is 370 g/mol. The van der Waals surface area contributed by atoms with Gasteiger partial charge in [-0.1, -0.05) is 28.9 Å². The Morgan fingerprint density at radius 3 is 2.44 bits per heavy atom. The average Bonchev–Trinajstić information content (AvgIpc) is 2.63. The van der Waals surface area contributed by atoms with Crippen LogP contribution in [0.3, 0.4) is 0 Å². The summed E-state index contributed by atoms with van der Waals surface area (Å²) in [4.78, 5) is 0. The molecule has 3 nitrogen and oxygen atoms in total. The van der Waals surface area contributed by atoms with E-state index < -0.39 is 5.82 Å². The topological polar surface area (TPSA) is 44.6 Å². The second-order valence-electron chi connectivity index (χ2n) is 6.14. The lowest BCUT2D eigenvalue weighted by atomic mass is 9.97. The van der Waals surface area contributed by atoms with Crippen LogP contribution in [0.25, 0.3) is 0 Å². The maximum Gasteiger partial charge on any atom is 0.126 e. The molecule has 0 saturated carbocycles. The predicted octanol–water partition coefficient (Wildman–Crippen LogP) is 6.21. The van der Waals surface area contributed by atoms with E-state index in [-0.39, 0.29) is 11.5 Å². The number of nitrogens with one attached hydrogen (secondary N) is 1. The molecule has 0 amide bonds. The van der Waals surface area contributed by atoms with Gasteiger partial charge in [0, 0.05) is 22.5 Å². The molecule has 0 aliphatic carbocycles. The summed E-state index contributed by atoms with van der Waals surface area (Å²) in [6, 6.07) is 14.1. The van der Waals surface area contributed by atoms with Gasteiger partial charge in [0.2, 0.25) is 0 Å². The zero-order valence-electron chi connectivity index (χ0n) is 14.7. The van der Waals surface area contributed by atoms with E-state index in [4.69, 9.17) is 11.6 Å². The Kier molecular flexibility index (Phi) is 5.42. The van der Waals surface area contributed by atoms with Crippen LogP contribution in [0.5, 0.6) is 0 Å². The first-order valence-corrected chi connectivity index (χ1v) is 8.59. The summed E-state index contributed by atoms with van der Waals surface area (Å²) in [5.74, 6) is -0.699. The summed E-state index contributed by atoms with van der Waals surface area (Å²) in [7, 11) is 0. The lowest BCUT2D eigenvalue weighted by Gasteiger charge is -2.13. The van der Waals surface area contributed by atoms with Gasteiger partial charge in [0.1, 0.15) is 17.3 Å². The fourth-order valence-corrected chi connectivity index (χ4v) is 3.09. The van der Waals surface area contributed by atoms with E-state index in [1.165, 1.54) is 18.2 Å². The Hall–Kier alpha value is -2.92. The van der Waals surface area contributed by atoms with Gasteiger partial charge in [-0.05, 0) is 67.4 Å². The molecule has 2 N–H and O–H groups in total. The van der Waals surface area contributed by atoms with Crippen molar-refractivity contribution in [3.8, 4) is 0 Å². The van der Waals surface area contributed by atoms with Gasteiger partial charge < -0.3 is 10.5 Å². The molecule has 0 bridgehead atoms. The summed E-state index contributed by atoms with van der Waals surface area (Å²) in [6.45, 7) is 3.40. The molecule has 3 aromatic carbocycles. The van der Waals surface area contributed by atoms with Crippen molar-refractivity contribution in [1.82, 2.24) is 0 Å². The largest absolute Gasteiger partial charge is 0.410 e. The molecule has 0 atom stereocenters. The van der Waals surface area contributed by atoms with Crippen molar-refractivity contribution >= 4 is 28.7 Å². The summed E-state index contributed by atoms with van der Waals surface area (Å²) in [6.07, 6.45) is 0. The highest BCUT2D eigenvalue weighted by atomic mass is 35.5. The third kappa shape index (κ3) is 3.93. The summed E-state index contributed by atoms with van der Waals surface area (Å²) < 4.78 is 27.1. The Balaban J connectivity index is 1.95. The summed E-state index contributed by atoms with van der Waals surface area (Å²) in [5.41, 5.74) is 3.66. The minimum Gasteiger partial charge on any atom is -0.410 e. The SMILES string of the molecule is Cc1cc(F)ccc1Nc1ccc(C(=NO)c2cccc(F)c2C)c(Cl)c1. The summed E-state index contributed by atoms with van der Waals surface area (Å²) >= 11 is 6.39. The van der Waals surface area contributed by atoms with E-state index in [1.54, 1.807) is 50.2 Å². The number of hydrogen-bond acceptors (Lipinski definition) is 3. The van der Waals surface area contributed by atoms with Gasteiger partial charge in [0.05, 0.1) is 5.02 Å². The Morgan fingerprint density at radius 1 is 1.00 bits per heavy atom. The minimum atomic E-state index is -0.394. The first-order valence-electron chi connectivity index (χ1n) is 8.21. The van der Waals surface area contributed by atoms with Crippen molar-refractivity contribution < 1.29 is 14.0 Å². The van der Waals surface area contributed by atoms with Crippen LogP contribution in [0.1, 0.15) is 22.3 Å². The van der Waals surface area contributed by atoms with Crippen molar-refractivity contribution in [3.63, 3.8) is 0 Å². The third-order valence-electron chi connectivity index (χ3n) is 4.31. The Morgan fingerprint density at radius 2 is 1.78 bits per heavy atom. The van der Waals surface area contributed by atoms with Gasteiger partial charge in [-0.15, -0.1) is 0 Å². The van der Waals surface area contributed by atoms with E-state index in [0.717, 1.165) is 11.3 Å². The standard InChI is InChI=1S/C21H17ClF2N2O/c1-12-10-14(23)6-9-20(12)25-15-7-8-17(18(22)11-15)21(26-27)16-4-3-5-19(24)13(16)2/h3-11,25,27H,1-2H3. The molecule has 0 heterocycles. The van der Waals surface area contributed by atoms with Crippen LogP contribution < -0.4 is 5.32 Å². The molecule has 138 valence electrons. The number of rotatable bonds is 4. The van der Waals surface area contributed by atoms with Crippen LogP contribution in [-0.4, -0.2) is 10.9 Å². The average molecular weight is 387 g/mol. The molecule has 0 radical (unpaired) electrons. The second-order valence-corrected chi connectivity index (χ2v) is 6.55. The van der Waals surface area contributed by atoms with Crippen LogP contribution in [-0.2, 0) is 0 Å². The van der Waals surface area contributed by atoms with Crippen LogP contribution in [0.2, 0.25) is 5.02 Å². The Labute approximate surface area is 160 Å². The molecule has 0 fully saturated rings. The number of anilines is 2. The fraction of sp³-hybridized carbons (Fsp3) is 0.0952. The predicted molar refractivity (Wildman–Crippen MR) is 104 cm³/mol. The molecular formula is C21H17ClF2N2O. The zero-order chi connectivity index (χ0) is 19.6. The molecule has 0 aliphatic heterocycles. The molecule has 0 saturated heterocycles. The van der Waals surface area contributed by atoms with Gasteiger partial charge >= 0.3 is 0 Å². The number of hydrogen-bond donors (Lipinski definition) is 2. The van der Waals surface area contributed by atoms with Crippen molar-refractivity contribution in [2.75, 3.05) is 5.32 Å². The van der Waals surface area contributed by atoms with Crippen LogP contribution in [0, 0.1) is 25.5 Å². The van der Waals surface area contributed by atoms with Crippen molar-refractivity contribution in [3.05, 3.63) is 93.5 Å². The monoisotopic (exact) mass is 386 g/mol. The first kappa shape index (κ1) is 18.9. The van der Waals surface area contributed by atoms with Gasteiger partial charge in [0.25, 0.3) is 0 Å². The minimum absolute atomic E-state index is 0.182. The van der Waals surface area contributed by atoms with E-state index in [2.05, 4.69) is 10.5 Å². The zero-order valence-corrected chi connectivity index (χ0v) is 15.5. The number of nitrogens with zero attached hydrogens (tertiary/aromatic N) is 1. The van der Waals surface area contributed by atoms with E-state index >= 15 is 0 Å². The van der Waals surface area contributed by atoms with Crippen LogP contribution >= 0.6 is 11.6 Å². The van der Waals surface area contributed by atoms with Crippen molar-refractivity contribution in [2.45, 2.75) is 13.8 Å². The quantitative estimate of drug-likeness (QED) is 0.318. The van der Waals surface area contributed by atoms with E-state index in [0.29, 0.717) is 27.4 Å². The van der Waals surface area contributed by atoms with Crippen LogP contribution in [0.15, 0.2) is 59.8 Å². The molecule has 0 unspecified atom stereocenters. The van der Waals surface area contributed by atoms with Gasteiger partial charge in [0.15, 0.2) is 0 Å². The molecule has 6 heteroatoms. The molecule has 3 rings (SSSR count). The molecule has 0 spiro atoms. The van der Waals surface area contributed by atoms with Crippen molar-refractivity contribution in [1.29, 1.82) is 0 Å². The molecule has 0 aliphatic rings. The van der Waals surface area contributed by atoms with Gasteiger partial charge in [-0.25, -0.2) is 8.78 Å². The summed E-state index contributed by atoms with van der Waals surface area (Å²) in [5, 5.41) is 16.3. The van der Waals surface area contributed by atoms with E-state index in [9.17, 15) is 14.0 Å². The lowest BCUT2D eigenvalue weighted by molar-refractivity contribution is 0.319. The highest BCUT2D eigenvalue weighted by Crippen LogP contribution is 2.28. The van der Waals surface area contributed by atoms with E-state index in [1.807, 2.05) is 0 Å². The number of benzene rings is 3. The Bertz CT molecular complexity index is 1030. The first-order chi connectivity index (χ1) is 12.9. The smallest absolute Gasteiger partial charge is 0.126 e. The highest BCUT2D eigenvalue weighted by molar-refractivity contribution is 6.35. The number of oxime groups is 1. The van der Waals surface area contributed by atoms with Gasteiger partial charge in [-0.2, -0.15) is 0 Å².